The topological polar surface area (TPSA) is 236 Å². The molecule has 15 nitrogen and oxygen atoms in total. The van der Waals surface area contributed by atoms with Gasteiger partial charge < -0.3 is 30.5 Å². The predicted octanol–water partition coefficient (Wildman–Crippen LogP) is -2.18. The molecule has 1 aliphatic rings. The first kappa shape index (κ1) is 20.4. The van der Waals surface area contributed by atoms with Crippen LogP contribution in [0, 0.1) is 0 Å². The molecule has 0 aromatic carbocycles. The fourth-order valence-corrected chi connectivity index (χ4v) is 4.12. The van der Waals surface area contributed by atoms with Gasteiger partial charge in [-0.1, -0.05) is 0 Å². The maximum atomic E-state index is 10.7. The van der Waals surface area contributed by atoms with Gasteiger partial charge in [-0.3, -0.25) is 4.57 Å². The third-order valence-corrected chi connectivity index (χ3v) is 5.81. The first-order chi connectivity index (χ1) is 12.5. The first-order valence-corrected chi connectivity index (χ1v) is 10.2. The molecule has 8 N–H and O–H groups in total. The van der Waals surface area contributed by atoms with Crippen LogP contribution < -0.4 is 5.73 Å². The molecule has 2 aromatic heterocycles. The van der Waals surface area contributed by atoms with Crippen molar-refractivity contribution in [1.29, 1.82) is 0 Å². The Balaban J connectivity index is 1.74. The zero-order chi connectivity index (χ0) is 20.0. The Morgan fingerprint density at radius 2 is 1.96 bits per heavy atom. The van der Waals surface area contributed by atoms with E-state index in [0.29, 0.717) is 0 Å². The standard InChI is InChI=1S/C10H15N5O10P2/c11-8-5-9(13-2-12-8)15(3-14-5)10-7(17)6(16)4(24-10)1-23-27(21,22)25-26(18,19)20/h2-4,6-7,10,16-17,21-22H,1H2,(H3-,11,12,13,18,19,20)/p+1/t4-,6-,7-,10-/m1/s1. The molecule has 3 rings (SSSR count). The number of hydrogen-bond donors (Lipinski definition) is 7. The Kier molecular flexibility index (Phi) is 5.46. The minimum absolute atomic E-state index is 0.0939. The second kappa shape index (κ2) is 7.24. The SMILES string of the molecule is Nc1ncnc2c1ncn2[C@@H]1O[C@H](CO[P+](O)(O)OP(=O)(O)O)[C@@H](O)[C@H]1O. The summed E-state index contributed by atoms with van der Waals surface area (Å²) < 4.78 is 25.7. The van der Waals surface area contributed by atoms with E-state index in [4.69, 9.17) is 20.3 Å². The van der Waals surface area contributed by atoms with Crippen molar-refractivity contribution in [2.45, 2.75) is 24.5 Å². The number of nitrogens with zero attached hydrogens (tertiary/aromatic N) is 4. The lowest BCUT2D eigenvalue weighted by Gasteiger charge is -2.16. The van der Waals surface area contributed by atoms with Crippen molar-refractivity contribution in [2.24, 2.45) is 0 Å². The van der Waals surface area contributed by atoms with Crippen LogP contribution in [0.1, 0.15) is 6.23 Å². The summed E-state index contributed by atoms with van der Waals surface area (Å²) in [5, 5.41) is 20.3. The fourth-order valence-electron chi connectivity index (χ4n) is 2.49. The monoisotopic (exact) mass is 428 g/mol. The van der Waals surface area contributed by atoms with E-state index in [9.17, 15) is 24.6 Å². The van der Waals surface area contributed by atoms with E-state index >= 15 is 0 Å². The number of fused-ring (bicyclic) bond motifs is 1. The lowest BCUT2D eigenvalue weighted by Crippen LogP contribution is -2.33. The molecule has 1 saturated heterocycles. The van der Waals surface area contributed by atoms with Gasteiger partial charge in [-0.05, 0) is 4.31 Å². The number of ether oxygens (including phenoxy) is 1. The minimum atomic E-state index is -5.23. The van der Waals surface area contributed by atoms with Crippen LogP contribution in [0.5, 0.6) is 0 Å². The highest BCUT2D eigenvalue weighted by Crippen LogP contribution is 2.63. The summed E-state index contributed by atoms with van der Waals surface area (Å²) in [6.07, 6.45) is -3.07. The third-order valence-electron chi connectivity index (χ3n) is 3.62. The fraction of sp³-hybridized carbons (Fsp3) is 0.500. The smallest absolute Gasteiger partial charge is 0.387 e. The average molecular weight is 428 g/mol. The molecule has 0 saturated carbocycles. The van der Waals surface area contributed by atoms with Crippen LogP contribution in [-0.4, -0.2) is 74.2 Å². The van der Waals surface area contributed by atoms with Gasteiger partial charge >= 0.3 is 16.0 Å². The molecule has 0 aliphatic carbocycles. The van der Waals surface area contributed by atoms with Gasteiger partial charge in [-0.25, -0.2) is 19.5 Å². The maximum absolute atomic E-state index is 10.7. The predicted molar refractivity (Wildman–Crippen MR) is 86.1 cm³/mol. The summed E-state index contributed by atoms with van der Waals surface area (Å²) in [5.74, 6) is 0.0939. The summed E-state index contributed by atoms with van der Waals surface area (Å²) in [5.41, 5.74) is 6.14. The number of rotatable bonds is 6. The minimum Gasteiger partial charge on any atom is -0.387 e. The lowest BCUT2D eigenvalue weighted by atomic mass is 10.1. The van der Waals surface area contributed by atoms with Crippen molar-refractivity contribution in [3.8, 4) is 0 Å². The number of aliphatic hydroxyl groups is 2. The van der Waals surface area contributed by atoms with Crippen molar-refractivity contribution >= 4 is 33.0 Å². The molecule has 150 valence electrons. The molecule has 1 fully saturated rings. The summed E-state index contributed by atoms with van der Waals surface area (Å²) in [6, 6.07) is 0. The number of aromatic nitrogens is 4. The molecule has 3 heterocycles. The number of nitrogens with two attached hydrogens (primary N) is 1. The van der Waals surface area contributed by atoms with Crippen molar-refractivity contribution in [2.75, 3.05) is 12.3 Å². The van der Waals surface area contributed by atoms with E-state index in [1.807, 2.05) is 0 Å². The third kappa shape index (κ3) is 4.39. The van der Waals surface area contributed by atoms with Gasteiger partial charge in [0, 0.05) is 0 Å². The van der Waals surface area contributed by atoms with Crippen molar-refractivity contribution in [3.63, 3.8) is 0 Å². The van der Waals surface area contributed by atoms with E-state index in [-0.39, 0.29) is 17.0 Å². The zero-order valence-electron chi connectivity index (χ0n) is 13.2. The molecule has 27 heavy (non-hydrogen) atoms. The largest absolute Gasteiger partial charge is 0.580 e. The van der Waals surface area contributed by atoms with Gasteiger partial charge in [0.2, 0.25) is 0 Å². The maximum Gasteiger partial charge on any atom is 0.580 e. The Morgan fingerprint density at radius 3 is 2.63 bits per heavy atom. The van der Waals surface area contributed by atoms with Crippen LogP contribution in [0.15, 0.2) is 12.7 Å². The molecule has 0 spiro atoms. The second-order valence-corrected chi connectivity index (χ2v) is 8.36. The molecular weight excluding hydrogens is 412 g/mol. The van der Waals surface area contributed by atoms with E-state index in [1.54, 1.807) is 0 Å². The summed E-state index contributed by atoms with van der Waals surface area (Å²) in [6.45, 7) is -0.751. The molecule has 1 aliphatic heterocycles. The Labute approximate surface area is 150 Å². The zero-order valence-corrected chi connectivity index (χ0v) is 15.0. The van der Waals surface area contributed by atoms with E-state index in [1.165, 1.54) is 17.2 Å². The number of phosphoric acid groups is 1. The number of aliphatic hydroxyl groups excluding tert-OH is 2. The molecular formula is C10H16N5O10P2+. The van der Waals surface area contributed by atoms with Gasteiger partial charge in [0.25, 0.3) is 0 Å². The quantitative estimate of drug-likeness (QED) is 0.242. The number of imidazole rings is 1. The van der Waals surface area contributed by atoms with Gasteiger partial charge in [0.15, 0.2) is 17.7 Å². The highest BCUT2D eigenvalue weighted by molar-refractivity contribution is 7.64. The molecule has 0 unspecified atom stereocenters. The molecule has 17 heteroatoms. The Hall–Kier alpha value is -1.35. The van der Waals surface area contributed by atoms with E-state index in [2.05, 4.69) is 23.8 Å². The summed E-state index contributed by atoms with van der Waals surface area (Å²) in [4.78, 5) is 47.7. The van der Waals surface area contributed by atoms with Gasteiger partial charge in [-0.15, -0.1) is 0 Å². The van der Waals surface area contributed by atoms with Crippen molar-refractivity contribution in [1.82, 2.24) is 19.5 Å². The van der Waals surface area contributed by atoms with E-state index < -0.39 is 47.1 Å². The molecule has 4 atom stereocenters. The van der Waals surface area contributed by atoms with Crippen molar-refractivity contribution < 1.29 is 47.9 Å². The molecule has 0 bridgehead atoms. The first-order valence-electron chi connectivity index (χ1n) is 7.19. The van der Waals surface area contributed by atoms with Crippen LogP contribution in [0.2, 0.25) is 0 Å². The molecule has 0 amide bonds. The normalized spacial score (nSPS) is 26.7. The number of nitrogen functional groups attached to an aromatic ring is 1. The van der Waals surface area contributed by atoms with Gasteiger partial charge in [0.1, 0.15) is 36.8 Å². The average Bonchev–Trinajstić information content (AvgIpc) is 3.07. The van der Waals surface area contributed by atoms with Crippen LogP contribution in [-0.2, 0) is 18.1 Å². The molecule has 0 radical (unpaired) electrons. The second-order valence-electron chi connectivity index (χ2n) is 5.49. The van der Waals surface area contributed by atoms with Crippen LogP contribution in [0.3, 0.4) is 0 Å². The van der Waals surface area contributed by atoms with E-state index in [0.717, 1.165) is 0 Å². The number of anilines is 1. The highest BCUT2D eigenvalue weighted by Gasteiger charge is 2.51. The summed E-state index contributed by atoms with van der Waals surface area (Å²) in [7, 11) is -10.1. The van der Waals surface area contributed by atoms with Crippen LogP contribution in [0.25, 0.3) is 11.2 Å². The van der Waals surface area contributed by atoms with Gasteiger partial charge in [-0.2, -0.15) is 14.3 Å². The number of hydrogen-bond acceptors (Lipinski definition) is 12. The Bertz CT molecular complexity index is 873. The van der Waals surface area contributed by atoms with Crippen LogP contribution >= 0.6 is 16.0 Å². The van der Waals surface area contributed by atoms with Crippen molar-refractivity contribution in [3.05, 3.63) is 12.7 Å². The molecule has 2 aromatic rings. The lowest BCUT2D eigenvalue weighted by molar-refractivity contribution is -0.0522. The Morgan fingerprint density at radius 1 is 1.26 bits per heavy atom. The highest BCUT2D eigenvalue weighted by atomic mass is 31.3. The van der Waals surface area contributed by atoms with Gasteiger partial charge in [0.05, 0.1) is 6.33 Å². The van der Waals surface area contributed by atoms with Crippen LogP contribution in [0.4, 0.5) is 5.82 Å². The summed E-state index contributed by atoms with van der Waals surface area (Å²) >= 11 is 0.